The summed E-state index contributed by atoms with van der Waals surface area (Å²) in [5.74, 6) is 0.338. The summed E-state index contributed by atoms with van der Waals surface area (Å²) in [7, 11) is 0. The average molecular weight is 236 g/mol. The molecule has 0 amide bonds. The Morgan fingerprint density at radius 2 is 2.24 bits per heavy atom. The Labute approximate surface area is 97.4 Å². The lowest BCUT2D eigenvalue weighted by atomic mass is 10.3. The van der Waals surface area contributed by atoms with Gasteiger partial charge in [0.1, 0.15) is 0 Å². The van der Waals surface area contributed by atoms with E-state index in [4.69, 9.17) is 0 Å². The molecule has 0 aliphatic carbocycles. The van der Waals surface area contributed by atoms with Crippen molar-refractivity contribution in [1.29, 1.82) is 0 Å². The second-order valence-electron chi connectivity index (χ2n) is 3.76. The summed E-state index contributed by atoms with van der Waals surface area (Å²) < 4.78 is 0. The maximum absolute atomic E-state index is 10.6. The van der Waals surface area contributed by atoms with E-state index in [2.05, 4.69) is 21.2 Å². The zero-order chi connectivity index (χ0) is 12.4. The van der Waals surface area contributed by atoms with Crippen molar-refractivity contribution in [2.75, 3.05) is 0 Å². The number of aromatic nitrogens is 1. The molecule has 17 heavy (non-hydrogen) atoms. The number of pyridine rings is 1. The van der Waals surface area contributed by atoms with Gasteiger partial charge in [0.2, 0.25) is 11.5 Å². The molecule has 1 aliphatic rings. The Bertz CT molecular complexity index is 472. The molecule has 0 saturated carbocycles. The van der Waals surface area contributed by atoms with Crippen molar-refractivity contribution in [2.45, 2.75) is 19.9 Å². The topological polar surface area (TPSA) is 95.7 Å². The summed E-state index contributed by atoms with van der Waals surface area (Å²) in [6.45, 7) is 3.93. The van der Waals surface area contributed by atoms with Crippen LogP contribution in [-0.4, -0.2) is 26.8 Å². The molecule has 8 nitrogen and oxygen atoms in total. The predicted molar refractivity (Wildman–Crippen MR) is 60.7 cm³/mol. The molecule has 90 valence electrons. The number of hydrogen-bond donors (Lipinski definition) is 2. The third-order valence-electron chi connectivity index (χ3n) is 2.23. The Hall–Kier alpha value is -2.22. The van der Waals surface area contributed by atoms with Gasteiger partial charge in [0.25, 0.3) is 0 Å². The summed E-state index contributed by atoms with van der Waals surface area (Å²) >= 11 is 0. The van der Waals surface area contributed by atoms with E-state index in [1.807, 2.05) is 13.8 Å². The standard InChI is InChI=1S/C9H12N6O2/c1-6(2)14-9(11-12-13-14)7-4-3-5-8(10-7)15(16)17/h3-6,12-13H,1-2H3. The van der Waals surface area contributed by atoms with E-state index < -0.39 is 4.92 Å². The Kier molecular flexibility index (Phi) is 2.88. The summed E-state index contributed by atoms with van der Waals surface area (Å²) in [6, 6.07) is 4.75. The summed E-state index contributed by atoms with van der Waals surface area (Å²) in [4.78, 5) is 14.0. The van der Waals surface area contributed by atoms with Gasteiger partial charge in [-0.15, -0.1) is 10.6 Å². The van der Waals surface area contributed by atoms with Crippen molar-refractivity contribution in [2.24, 2.45) is 5.10 Å². The quantitative estimate of drug-likeness (QED) is 0.582. The molecule has 2 rings (SSSR count). The van der Waals surface area contributed by atoms with Crippen LogP contribution in [0, 0.1) is 10.1 Å². The maximum atomic E-state index is 10.6. The molecule has 0 spiro atoms. The number of nitrogens with zero attached hydrogens (tertiary/aromatic N) is 4. The van der Waals surface area contributed by atoms with E-state index in [1.165, 1.54) is 6.07 Å². The molecule has 0 fully saturated rings. The van der Waals surface area contributed by atoms with E-state index in [-0.39, 0.29) is 11.9 Å². The maximum Gasteiger partial charge on any atom is 0.364 e. The minimum atomic E-state index is -0.528. The highest BCUT2D eigenvalue weighted by Gasteiger charge is 2.26. The van der Waals surface area contributed by atoms with Crippen LogP contribution in [-0.2, 0) is 0 Å². The molecule has 1 aromatic rings. The van der Waals surface area contributed by atoms with Crippen LogP contribution in [0.25, 0.3) is 0 Å². The number of hydrazone groups is 1. The minimum Gasteiger partial charge on any atom is -0.358 e. The second kappa shape index (κ2) is 4.34. The van der Waals surface area contributed by atoms with E-state index >= 15 is 0 Å². The first kappa shape index (κ1) is 11.3. The largest absolute Gasteiger partial charge is 0.364 e. The van der Waals surface area contributed by atoms with Crippen LogP contribution in [0.4, 0.5) is 5.82 Å². The first-order valence-corrected chi connectivity index (χ1v) is 5.09. The molecule has 0 bridgehead atoms. The van der Waals surface area contributed by atoms with Crippen LogP contribution in [0.5, 0.6) is 0 Å². The van der Waals surface area contributed by atoms with Crippen molar-refractivity contribution in [3.63, 3.8) is 0 Å². The van der Waals surface area contributed by atoms with E-state index in [0.29, 0.717) is 11.5 Å². The fourth-order valence-electron chi connectivity index (χ4n) is 1.44. The number of nitrogens with one attached hydrogen (secondary N) is 2. The molecule has 0 atom stereocenters. The van der Waals surface area contributed by atoms with Crippen LogP contribution in [0.1, 0.15) is 19.5 Å². The van der Waals surface area contributed by atoms with Gasteiger partial charge in [0, 0.05) is 12.1 Å². The van der Waals surface area contributed by atoms with Gasteiger partial charge >= 0.3 is 5.82 Å². The van der Waals surface area contributed by atoms with Crippen molar-refractivity contribution >= 4 is 11.7 Å². The van der Waals surface area contributed by atoms with Gasteiger partial charge in [-0.1, -0.05) is 0 Å². The van der Waals surface area contributed by atoms with Crippen LogP contribution in [0.15, 0.2) is 23.3 Å². The fraction of sp³-hybridized carbons (Fsp3) is 0.333. The number of rotatable bonds is 3. The Morgan fingerprint density at radius 3 is 2.88 bits per heavy atom. The van der Waals surface area contributed by atoms with Gasteiger partial charge < -0.3 is 10.1 Å². The molecule has 1 aromatic heterocycles. The highest BCUT2D eigenvalue weighted by atomic mass is 16.6. The second-order valence-corrected chi connectivity index (χ2v) is 3.76. The van der Waals surface area contributed by atoms with Crippen LogP contribution < -0.4 is 11.1 Å². The van der Waals surface area contributed by atoms with Crippen LogP contribution >= 0.6 is 0 Å². The molecular weight excluding hydrogens is 224 g/mol. The van der Waals surface area contributed by atoms with Gasteiger partial charge in [0.05, 0.1) is 0 Å². The van der Waals surface area contributed by atoms with E-state index in [9.17, 15) is 10.1 Å². The zero-order valence-corrected chi connectivity index (χ0v) is 9.41. The van der Waals surface area contributed by atoms with Crippen molar-refractivity contribution < 1.29 is 4.92 Å². The minimum absolute atomic E-state index is 0.143. The monoisotopic (exact) mass is 236 g/mol. The van der Waals surface area contributed by atoms with Crippen LogP contribution in [0.2, 0.25) is 0 Å². The van der Waals surface area contributed by atoms with E-state index in [0.717, 1.165) is 0 Å². The smallest absolute Gasteiger partial charge is 0.358 e. The summed E-state index contributed by atoms with van der Waals surface area (Å²) in [6.07, 6.45) is 0. The third kappa shape index (κ3) is 2.16. The van der Waals surface area contributed by atoms with Crippen molar-refractivity contribution in [1.82, 2.24) is 21.1 Å². The first-order valence-electron chi connectivity index (χ1n) is 5.09. The van der Waals surface area contributed by atoms with Crippen molar-refractivity contribution in [3.8, 4) is 0 Å². The molecule has 1 aliphatic heterocycles. The summed E-state index contributed by atoms with van der Waals surface area (Å²) in [5.41, 5.74) is 5.88. The molecule has 0 radical (unpaired) electrons. The van der Waals surface area contributed by atoms with E-state index in [1.54, 1.807) is 17.1 Å². The fourth-order valence-corrected chi connectivity index (χ4v) is 1.44. The Balaban J connectivity index is 2.34. The number of hydrogen-bond acceptors (Lipinski definition) is 7. The average Bonchev–Trinajstić information content (AvgIpc) is 2.78. The highest BCUT2D eigenvalue weighted by Crippen LogP contribution is 2.12. The molecule has 0 saturated heterocycles. The molecule has 0 aromatic carbocycles. The Morgan fingerprint density at radius 1 is 1.47 bits per heavy atom. The van der Waals surface area contributed by atoms with Gasteiger partial charge in [0.15, 0.2) is 0 Å². The van der Waals surface area contributed by atoms with Gasteiger partial charge in [-0.2, -0.15) is 0 Å². The summed E-state index contributed by atoms with van der Waals surface area (Å²) in [5, 5.41) is 16.4. The molecule has 2 heterocycles. The number of nitro groups is 1. The molecule has 8 heteroatoms. The lowest BCUT2D eigenvalue weighted by Crippen LogP contribution is -2.45. The highest BCUT2D eigenvalue weighted by molar-refractivity contribution is 5.97. The lowest BCUT2D eigenvalue weighted by molar-refractivity contribution is -0.389. The predicted octanol–water partition coefficient (Wildman–Crippen LogP) is 0.385. The van der Waals surface area contributed by atoms with Gasteiger partial charge in [-0.25, -0.2) is 5.53 Å². The molecular formula is C9H12N6O2. The van der Waals surface area contributed by atoms with Crippen LogP contribution in [0.3, 0.4) is 0 Å². The third-order valence-corrected chi connectivity index (χ3v) is 2.23. The van der Waals surface area contributed by atoms with Gasteiger partial charge in [-0.3, -0.25) is 5.01 Å². The normalized spacial score (nSPS) is 14.8. The first-order chi connectivity index (χ1) is 8.09. The zero-order valence-electron chi connectivity index (χ0n) is 9.41. The van der Waals surface area contributed by atoms with Gasteiger partial charge in [-0.05, 0) is 35.9 Å². The molecule has 2 N–H and O–H groups in total. The molecule has 0 unspecified atom stereocenters. The number of hydrazine groups is 2. The number of amidine groups is 1. The SMILES string of the molecule is CC(C)N1NNN=C1c1cccc([N+](=O)[O-])n1. The lowest BCUT2D eigenvalue weighted by Gasteiger charge is -2.21. The van der Waals surface area contributed by atoms with Crippen molar-refractivity contribution in [3.05, 3.63) is 34.0 Å².